The lowest BCUT2D eigenvalue weighted by Gasteiger charge is -2.33. The van der Waals surface area contributed by atoms with Crippen LogP contribution in [0.1, 0.15) is 56.0 Å². The van der Waals surface area contributed by atoms with Gasteiger partial charge in [0, 0.05) is 32.0 Å². The molecule has 168 valence electrons. The molecule has 1 fully saturated rings. The number of nitrogens with zero attached hydrogens (tertiary/aromatic N) is 2. The third kappa shape index (κ3) is 5.82. The van der Waals surface area contributed by atoms with Crippen LogP contribution in [-0.4, -0.2) is 33.4 Å². The van der Waals surface area contributed by atoms with E-state index in [2.05, 4.69) is 51.4 Å². The fourth-order valence-corrected chi connectivity index (χ4v) is 4.35. The first kappa shape index (κ1) is 22.2. The molecule has 2 heterocycles. The molecule has 0 radical (unpaired) electrons. The SMILES string of the molecule is CC1CCCCN1Cc1ccc(CNC(=O)CCCc2nc3ccccc3c(=O)[nH]2)cc1. The molecule has 6 nitrogen and oxygen atoms in total. The lowest BCUT2D eigenvalue weighted by Crippen LogP contribution is -2.36. The highest BCUT2D eigenvalue weighted by Gasteiger charge is 2.17. The number of H-pyrrole nitrogens is 1. The van der Waals surface area contributed by atoms with Gasteiger partial charge in [-0.05, 0) is 56.0 Å². The van der Waals surface area contributed by atoms with E-state index in [1.807, 2.05) is 18.2 Å². The van der Waals surface area contributed by atoms with Crippen LogP contribution in [-0.2, 0) is 24.3 Å². The zero-order valence-corrected chi connectivity index (χ0v) is 18.8. The topological polar surface area (TPSA) is 78.1 Å². The summed E-state index contributed by atoms with van der Waals surface area (Å²) >= 11 is 0. The van der Waals surface area contributed by atoms with Crippen LogP contribution < -0.4 is 10.9 Å². The third-order valence-electron chi connectivity index (χ3n) is 6.32. The summed E-state index contributed by atoms with van der Waals surface area (Å²) < 4.78 is 0. The van der Waals surface area contributed by atoms with Gasteiger partial charge in [-0.15, -0.1) is 0 Å². The van der Waals surface area contributed by atoms with Crippen molar-refractivity contribution in [3.63, 3.8) is 0 Å². The van der Waals surface area contributed by atoms with Crippen LogP contribution in [0.25, 0.3) is 10.9 Å². The molecular weight excluding hydrogens is 400 g/mol. The normalized spacial score (nSPS) is 16.8. The maximum atomic E-state index is 12.2. The molecule has 0 saturated carbocycles. The zero-order chi connectivity index (χ0) is 22.3. The molecule has 32 heavy (non-hydrogen) atoms. The Morgan fingerprint density at radius 1 is 1.12 bits per heavy atom. The van der Waals surface area contributed by atoms with E-state index in [9.17, 15) is 9.59 Å². The Bertz CT molecular complexity index is 1110. The molecule has 0 spiro atoms. The number of fused-ring (bicyclic) bond motifs is 1. The first-order valence-corrected chi connectivity index (χ1v) is 11.6. The zero-order valence-electron chi connectivity index (χ0n) is 18.8. The maximum absolute atomic E-state index is 12.2. The molecule has 1 aliphatic heterocycles. The molecule has 3 aromatic rings. The van der Waals surface area contributed by atoms with Gasteiger partial charge in [0.15, 0.2) is 0 Å². The summed E-state index contributed by atoms with van der Waals surface area (Å²) in [6.45, 7) is 5.03. The molecule has 0 aliphatic carbocycles. The summed E-state index contributed by atoms with van der Waals surface area (Å²) in [5.41, 5.74) is 2.99. The lowest BCUT2D eigenvalue weighted by atomic mass is 10.0. The highest BCUT2D eigenvalue weighted by atomic mass is 16.1. The number of hydrogen-bond acceptors (Lipinski definition) is 4. The van der Waals surface area contributed by atoms with Gasteiger partial charge in [-0.3, -0.25) is 14.5 Å². The van der Waals surface area contributed by atoms with Gasteiger partial charge in [-0.2, -0.15) is 0 Å². The molecule has 1 aliphatic rings. The number of aromatic amines is 1. The Balaban J connectivity index is 1.21. The number of aryl methyl sites for hydroxylation is 1. The van der Waals surface area contributed by atoms with Crippen LogP contribution >= 0.6 is 0 Å². The Hall–Kier alpha value is -2.99. The van der Waals surface area contributed by atoms with Crippen molar-refractivity contribution in [1.82, 2.24) is 20.2 Å². The molecule has 1 saturated heterocycles. The largest absolute Gasteiger partial charge is 0.352 e. The Kier molecular flexibility index (Phi) is 7.32. The molecule has 1 amide bonds. The average molecular weight is 433 g/mol. The second kappa shape index (κ2) is 10.6. The molecule has 1 unspecified atom stereocenters. The second-order valence-corrected chi connectivity index (χ2v) is 8.79. The van der Waals surface area contributed by atoms with E-state index in [0.717, 1.165) is 12.1 Å². The average Bonchev–Trinajstić information content (AvgIpc) is 2.80. The first-order valence-electron chi connectivity index (χ1n) is 11.6. The summed E-state index contributed by atoms with van der Waals surface area (Å²) in [5, 5.41) is 3.58. The molecular formula is C26H32N4O2. The monoisotopic (exact) mass is 432 g/mol. The standard InChI is InChI=1S/C26H32N4O2/c1-19-7-4-5-16-30(19)18-21-14-12-20(13-15-21)17-27-25(31)11-6-10-24-28-23-9-3-2-8-22(23)26(32)29-24/h2-3,8-9,12-15,19H,4-7,10-11,16-18H2,1H3,(H,27,31)(H,28,29,32). The molecule has 4 rings (SSSR count). The number of nitrogens with one attached hydrogen (secondary N) is 2. The highest BCUT2D eigenvalue weighted by molar-refractivity contribution is 5.77. The van der Waals surface area contributed by atoms with E-state index in [1.165, 1.54) is 31.4 Å². The third-order valence-corrected chi connectivity index (χ3v) is 6.32. The minimum Gasteiger partial charge on any atom is -0.352 e. The molecule has 0 bridgehead atoms. The minimum absolute atomic E-state index is 0.0133. The van der Waals surface area contributed by atoms with Crippen LogP contribution in [0, 0.1) is 0 Å². The molecule has 2 aromatic carbocycles. The number of carbonyl (C=O) groups is 1. The summed E-state index contributed by atoms with van der Waals surface area (Å²) in [5.74, 6) is 0.638. The highest BCUT2D eigenvalue weighted by Crippen LogP contribution is 2.19. The van der Waals surface area contributed by atoms with Crippen molar-refractivity contribution in [3.8, 4) is 0 Å². The van der Waals surface area contributed by atoms with Crippen LogP contribution in [0.2, 0.25) is 0 Å². The predicted octanol–water partition coefficient (Wildman–Crippen LogP) is 3.94. The van der Waals surface area contributed by atoms with Crippen LogP contribution in [0.5, 0.6) is 0 Å². The van der Waals surface area contributed by atoms with Crippen molar-refractivity contribution in [1.29, 1.82) is 0 Å². The van der Waals surface area contributed by atoms with Crippen molar-refractivity contribution < 1.29 is 4.79 Å². The quantitative estimate of drug-likeness (QED) is 0.565. The Labute approximate surface area is 189 Å². The van der Waals surface area contributed by atoms with E-state index in [1.54, 1.807) is 6.07 Å². The van der Waals surface area contributed by atoms with Crippen LogP contribution in [0.15, 0.2) is 53.3 Å². The number of likely N-dealkylation sites (tertiary alicyclic amines) is 1. The number of aromatic nitrogens is 2. The van der Waals surface area contributed by atoms with Gasteiger partial charge in [-0.1, -0.05) is 42.8 Å². The summed E-state index contributed by atoms with van der Waals surface area (Å²) in [6.07, 6.45) is 5.53. The van der Waals surface area contributed by atoms with Gasteiger partial charge >= 0.3 is 0 Å². The van der Waals surface area contributed by atoms with Crippen molar-refractivity contribution in [2.45, 2.75) is 64.6 Å². The second-order valence-electron chi connectivity index (χ2n) is 8.79. The summed E-state index contributed by atoms with van der Waals surface area (Å²) in [7, 11) is 0. The van der Waals surface area contributed by atoms with Gasteiger partial charge in [0.25, 0.3) is 5.56 Å². The maximum Gasteiger partial charge on any atom is 0.258 e. The van der Waals surface area contributed by atoms with Gasteiger partial charge < -0.3 is 10.3 Å². The van der Waals surface area contributed by atoms with Gasteiger partial charge in [0.1, 0.15) is 5.82 Å². The number of rotatable bonds is 8. The van der Waals surface area contributed by atoms with Crippen molar-refractivity contribution in [2.75, 3.05) is 6.54 Å². The fraction of sp³-hybridized carbons (Fsp3) is 0.423. The van der Waals surface area contributed by atoms with Gasteiger partial charge in [-0.25, -0.2) is 4.98 Å². The Morgan fingerprint density at radius 3 is 2.72 bits per heavy atom. The van der Waals surface area contributed by atoms with E-state index in [4.69, 9.17) is 0 Å². The van der Waals surface area contributed by atoms with Crippen molar-refractivity contribution in [2.24, 2.45) is 0 Å². The molecule has 1 atom stereocenters. The smallest absolute Gasteiger partial charge is 0.258 e. The predicted molar refractivity (Wildman–Crippen MR) is 127 cm³/mol. The number of benzene rings is 2. The van der Waals surface area contributed by atoms with Gasteiger partial charge in [0.05, 0.1) is 10.9 Å². The molecule has 2 N–H and O–H groups in total. The number of hydrogen-bond donors (Lipinski definition) is 2. The van der Waals surface area contributed by atoms with Crippen molar-refractivity contribution >= 4 is 16.8 Å². The van der Waals surface area contributed by atoms with E-state index in [-0.39, 0.29) is 11.5 Å². The van der Waals surface area contributed by atoms with Crippen LogP contribution in [0.3, 0.4) is 0 Å². The van der Waals surface area contributed by atoms with E-state index < -0.39 is 0 Å². The Morgan fingerprint density at radius 2 is 1.91 bits per heavy atom. The van der Waals surface area contributed by atoms with Crippen LogP contribution in [0.4, 0.5) is 0 Å². The number of para-hydroxylation sites is 1. The summed E-state index contributed by atoms with van der Waals surface area (Å²) in [6, 6.07) is 16.5. The number of piperidine rings is 1. The lowest BCUT2D eigenvalue weighted by molar-refractivity contribution is -0.121. The number of carbonyl (C=O) groups excluding carboxylic acids is 1. The molecule has 6 heteroatoms. The van der Waals surface area contributed by atoms with Crippen molar-refractivity contribution in [3.05, 3.63) is 75.8 Å². The van der Waals surface area contributed by atoms with E-state index in [0.29, 0.717) is 48.6 Å². The minimum atomic E-state index is -0.131. The number of amides is 1. The molecule has 1 aromatic heterocycles. The van der Waals surface area contributed by atoms with Gasteiger partial charge in [0.2, 0.25) is 5.91 Å². The fourth-order valence-electron chi connectivity index (χ4n) is 4.35. The first-order chi connectivity index (χ1) is 15.6. The van der Waals surface area contributed by atoms with E-state index >= 15 is 0 Å². The summed E-state index contributed by atoms with van der Waals surface area (Å²) in [4.78, 5) is 34.2.